The van der Waals surface area contributed by atoms with Crippen LogP contribution in [0.4, 0.5) is 5.69 Å². The van der Waals surface area contributed by atoms with E-state index in [1.165, 1.54) is 6.08 Å². The molecule has 0 heterocycles. The molecule has 0 aliphatic heterocycles. The zero-order valence-electron chi connectivity index (χ0n) is 13.2. The number of nitrogens with one attached hydrogen (secondary N) is 1. The molecule has 0 saturated heterocycles. The van der Waals surface area contributed by atoms with Crippen LogP contribution in [0.15, 0.2) is 52.5 Å². The van der Waals surface area contributed by atoms with Crippen molar-refractivity contribution in [2.45, 2.75) is 0 Å². The minimum absolute atomic E-state index is 0.00473. The number of rotatable bonds is 5. The van der Waals surface area contributed by atoms with Crippen molar-refractivity contribution in [2.75, 3.05) is 19.5 Å². The Bertz CT molecular complexity index is 825. The molecule has 2 rings (SSSR count). The largest absolute Gasteiger partial charge is 0.497 e. The standard InChI is InChI=1S/C18H15BrN2O3/c1-23-15-5-3-4-14(10-15)21-18(22)13(11-20)8-12-6-7-17(24-2)16(19)9-12/h3-10H,1-2H3,(H,21,22)/b13-8+. The smallest absolute Gasteiger partial charge is 0.266 e. The maximum absolute atomic E-state index is 12.3. The van der Waals surface area contributed by atoms with E-state index in [1.54, 1.807) is 56.7 Å². The third kappa shape index (κ3) is 4.37. The molecule has 0 bridgehead atoms. The molecule has 2 aromatic rings. The van der Waals surface area contributed by atoms with E-state index >= 15 is 0 Å². The van der Waals surface area contributed by atoms with Gasteiger partial charge in [0, 0.05) is 11.8 Å². The average molecular weight is 387 g/mol. The Morgan fingerprint density at radius 2 is 2.00 bits per heavy atom. The molecule has 5 nitrogen and oxygen atoms in total. The number of hydrogen-bond acceptors (Lipinski definition) is 4. The van der Waals surface area contributed by atoms with Crippen molar-refractivity contribution in [3.8, 4) is 17.6 Å². The normalized spacial score (nSPS) is 10.7. The Morgan fingerprint density at radius 3 is 2.62 bits per heavy atom. The molecule has 0 atom stereocenters. The molecule has 0 radical (unpaired) electrons. The van der Waals surface area contributed by atoms with Gasteiger partial charge >= 0.3 is 0 Å². The first-order valence-electron chi connectivity index (χ1n) is 6.98. The monoisotopic (exact) mass is 386 g/mol. The second-order valence-corrected chi connectivity index (χ2v) is 5.60. The van der Waals surface area contributed by atoms with E-state index in [-0.39, 0.29) is 5.57 Å². The summed E-state index contributed by atoms with van der Waals surface area (Å²) in [6.45, 7) is 0. The van der Waals surface area contributed by atoms with Gasteiger partial charge in [0.25, 0.3) is 5.91 Å². The minimum atomic E-state index is -0.488. The number of nitriles is 1. The maximum atomic E-state index is 12.3. The van der Waals surface area contributed by atoms with Crippen LogP contribution in [0.1, 0.15) is 5.56 Å². The van der Waals surface area contributed by atoms with E-state index in [0.717, 1.165) is 4.47 Å². The number of ether oxygens (including phenoxy) is 2. The molecule has 122 valence electrons. The quantitative estimate of drug-likeness (QED) is 0.622. The topological polar surface area (TPSA) is 71.3 Å². The first-order chi connectivity index (χ1) is 11.6. The van der Waals surface area contributed by atoms with Crippen LogP contribution in [0.2, 0.25) is 0 Å². The molecule has 0 aromatic heterocycles. The molecular formula is C18H15BrN2O3. The summed E-state index contributed by atoms with van der Waals surface area (Å²) >= 11 is 3.37. The highest BCUT2D eigenvalue weighted by atomic mass is 79.9. The number of nitrogens with zero attached hydrogens (tertiary/aromatic N) is 1. The number of anilines is 1. The fourth-order valence-electron chi connectivity index (χ4n) is 1.99. The highest BCUT2D eigenvalue weighted by molar-refractivity contribution is 9.10. The van der Waals surface area contributed by atoms with Gasteiger partial charge in [-0.2, -0.15) is 5.26 Å². The predicted molar refractivity (Wildman–Crippen MR) is 95.9 cm³/mol. The highest BCUT2D eigenvalue weighted by Gasteiger charge is 2.10. The van der Waals surface area contributed by atoms with Gasteiger partial charge in [-0.3, -0.25) is 4.79 Å². The Kier molecular flexibility index (Phi) is 5.99. The second-order valence-electron chi connectivity index (χ2n) is 4.75. The number of methoxy groups -OCH3 is 2. The number of halogens is 1. The molecule has 0 aliphatic carbocycles. The molecule has 2 aromatic carbocycles. The van der Waals surface area contributed by atoms with E-state index in [9.17, 15) is 10.1 Å². The molecule has 0 unspecified atom stereocenters. The Balaban J connectivity index is 2.22. The number of carbonyl (C=O) groups is 1. The fourth-order valence-corrected chi connectivity index (χ4v) is 2.55. The van der Waals surface area contributed by atoms with Gasteiger partial charge in [0.1, 0.15) is 23.1 Å². The van der Waals surface area contributed by atoms with Crippen LogP contribution in [-0.2, 0) is 4.79 Å². The van der Waals surface area contributed by atoms with Crippen LogP contribution in [0.5, 0.6) is 11.5 Å². The lowest BCUT2D eigenvalue weighted by Crippen LogP contribution is -2.13. The van der Waals surface area contributed by atoms with Gasteiger partial charge in [-0.1, -0.05) is 12.1 Å². The SMILES string of the molecule is COc1cccc(NC(=O)/C(C#N)=C/c2ccc(OC)c(Br)c2)c1. The van der Waals surface area contributed by atoms with Gasteiger partial charge in [0.05, 0.1) is 18.7 Å². The van der Waals surface area contributed by atoms with Gasteiger partial charge in [-0.15, -0.1) is 0 Å². The van der Waals surface area contributed by atoms with Crippen molar-refractivity contribution in [3.05, 3.63) is 58.1 Å². The van der Waals surface area contributed by atoms with Crippen LogP contribution in [-0.4, -0.2) is 20.1 Å². The molecule has 0 aliphatic rings. The summed E-state index contributed by atoms with van der Waals surface area (Å²) < 4.78 is 11.0. The zero-order valence-corrected chi connectivity index (χ0v) is 14.8. The summed E-state index contributed by atoms with van der Waals surface area (Å²) in [4.78, 5) is 12.3. The number of hydrogen-bond donors (Lipinski definition) is 1. The molecule has 0 spiro atoms. The molecule has 24 heavy (non-hydrogen) atoms. The Labute approximate surface area is 148 Å². The zero-order chi connectivity index (χ0) is 17.5. The van der Waals surface area contributed by atoms with Crippen LogP contribution >= 0.6 is 15.9 Å². The van der Waals surface area contributed by atoms with Gasteiger partial charge < -0.3 is 14.8 Å². The predicted octanol–water partition coefficient (Wildman–Crippen LogP) is 4.01. The van der Waals surface area contributed by atoms with Gasteiger partial charge in [-0.05, 0) is 51.8 Å². The third-order valence-electron chi connectivity index (χ3n) is 3.18. The lowest BCUT2D eigenvalue weighted by molar-refractivity contribution is -0.112. The van der Waals surface area contributed by atoms with Crippen molar-refractivity contribution < 1.29 is 14.3 Å². The van der Waals surface area contributed by atoms with Crippen molar-refractivity contribution in [3.63, 3.8) is 0 Å². The summed E-state index contributed by atoms with van der Waals surface area (Å²) in [5.74, 6) is 0.804. The lowest BCUT2D eigenvalue weighted by Gasteiger charge is -2.07. The molecular weight excluding hydrogens is 372 g/mol. The summed E-state index contributed by atoms with van der Waals surface area (Å²) in [5, 5.41) is 11.9. The van der Waals surface area contributed by atoms with Crippen molar-refractivity contribution in [2.24, 2.45) is 0 Å². The molecule has 0 fully saturated rings. The summed E-state index contributed by atoms with van der Waals surface area (Å²) in [7, 11) is 3.11. The first kappa shape index (κ1) is 17.6. The van der Waals surface area contributed by atoms with Crippen LogP contribution in [0.3, 0.4) is 0 Å². The maximum Gasteiger partial charge on any atom is 0.266 e. The van der Waals surface area contributed by atoms with Crippen molar-refractivity contribution >= 4 is 33.6 Å². The van der Waals surface area contributed by atoms with Crippen LogP contribution in [0, 0.1) is 11.3 Å². The van der Waals surface area contributed by atoms with E-state index in [4.69, 9.17) is 9.47 Å². The summed E-state index contributed by atoms with van der Waals surface area (Å²) in [5.41, 5.74) is 1.26. The second kappa shape index (κ2) is 8.18. The van der Waals surface area contributed by atoms with E-state index in [2.05, 4.69) is 21.2 Å². The lowest BCUT2D eigenvalue weighted by atomic mass is 10.1. The average Bonchev–Trinajstić information content (AvgIpc) is 2.59. The highest BCUT2D eigenvalue weighted by Crippen LogP contribution is 2.26. The molecule has 0 saturated carbocycles. The first-order valence-corrected chi connectivity index (χ1v) is 7.77. The number of carbonyl (C=O) groups excluding carboxylic acids is 1. The van der Waals surface area contributed by atoms with Crippen molar-refractivity contribution in [1.29, 1.82) is 5.26 Å². The van der Waals surface area contributed by atoms with E-state index < -0.39 is 5.91 Å². The van der Waals surface area contributed by atoms with Gasteiger partial charge in [0.2, 0.25) is 0 Å². The minimum Gasteiger partial charge on any atom is -0.497 e. The van der Waals surface area contributed by atoms with Crippen LogP contribution < -0.4 is 14.8 Å². The number of benzene rings is 2. The van der Waals surface area contributed by atoms with Gasteiger partial charge in [0.15, 0.2) is 0 Å². The fraction of sp³-hybridized carbons (Fsp3) is 0.111. The summed E-state index contributed by atoms with van der Waals surface area (Å²) in [6, 6.07) is 14.1. The van der Waals surface area contributed by atoms with E-state index in [1.807, 2.05) is 6.07 Å². The molecule has 1 amide bonds. The van der Waals surface area contributed by atoms with E-state index in [0.29, 0.717) is 22.7 Å². The molecule has 1 N–H and O–H groups in total. The molecule has 6 heteroatoms. The van der Waals surface area contributed by atoms with Gasteiger partial charge in [-0.25, -0.2) is 0 Å². The Hall–Kier alpha value is -2.78. The Morgan fingerprint density at radius 1 is 1.21 bits per heavy atom. The number of amides is 1. The van der Waals surface area contributed by atoms with Crippen molar-refractivity contribution in [1.82, 2.24) is 0 Å². The summed E-state index contributed by atoms with van der Waals surface area (Å²) in [6.07, 6.45) is 1.51. The van der Waals surface area contributed by atoms with Crippen LogP contribution in [0.25, 0.3) is 6.08 Å². The third-order valence-corrected chi connectivity index (χ3v) is 3.80.